The third-order valence-corrected chi connectivity index (χ3v) is 3.68. The number of aromatic nitrogens is 1. The van der Waals surface area contributed by atoms with E-state index in [1.165, 1.54) is 0 Å². The van der Waals surface area contributed by atoms with Crippen LogP contribution in [0.5, 0.6) is 5.75 Å². The van der Waals surface area contributed by atoms with E-state index in [1.807, 2.05) is 26.0 Å². The van der Waals surface area contributed by atoms with Gasteiger partial charge < -0.3 is 10.1 Å². The zero-order valence-corrected chi connectivity index (χ0v) is 13.2. The number of thiazole rings is 1. The highest BCUT2D eigenvalue weighted by Gasteiger charge is 2.06. The second-order valence-corrected chi connectivity index (χ2v) is 5.87. The zero-order valence-electron chi connectivity index (χ0n) is 12.3. The molecule has 0 unspecified atom stereocenters. The van der Waals surface area contributed by atoms with Gasteiger partial charge >= 0.3 is 0 Å². The molecule has 0 atom stereocenters. The van der Waals surface area contributed by atoms with Crippen molar-refractivity contribution in [2.45, 2.75) is 39.8 Å². The molecule has 0 amide bonds. The van der Waals surface area contributed by atoms with Crippen molar-refractivity contribution in [1.82, 2.24) is 10.3 Å². The second kappa shape index (κ2) is 7.41. The summed E-state index contributed by atoms with van der Waals surface area (Å²) in [6, 6.07) is 8.14. The maximum atomic E-state index is 5.73. The van der Waals surface area contributed by atoms with Gasteiger partial charge in [-0.05, 0) is 38.9 Å². The third kappa shape index (κ3) is 4.32. The van der Waals surface area contributed by atoms with E-state index in [0.717, 1.165) is 41.5 Å². The molecule has 2 aromatic rings. The van der Waals surface area contributed by atoms with Crippen molar-refractivity contribution in [2.24, 2.45) is 0 Å². The molecule has 0 aliphatic heterocycles. The van der Waals surface area contributed by atoms with Gasteiger partial charge in [-0.2, -0.15) is 0 Å². The summed E-state index contributed by atoms with van der Waals surface area (Å²) in [4.78, 5) is 4.67. The topological polar surface area (TPSA) is 34.1 Å². The van der Waals surface area contributed by atoms with Gasteiger partial charge in [0, 0.05) is 17.5 Å². The fraction of sp³-hybridized carbons (Fsp3) is 0.438. The molecule has 0 aliphatic carbocycles. The highest BCUT2D eigenvalue weighted by Crippen LogP contribution is 2.27. The smallest absolute Gasteiger partial charge is 0.123 e. The van der Waals surface area contributed by atoms with E-state index < -0.39 is 0 Å². The highest BCUT2D eigenvalue weighted by molar-refractivity contribution is 7.13. The van der Waals surface area contributed by atoms with Crippen LogP contribution in [0.2, 0.25) is 0 Å². The monoisotopic (exact) mass is 290 g/mol. The zero-order chi connectivity index (χ0) is 14.4. The average Bonchev–Trinajstić information content (AvgIpc) is 2.87. The van der Waals surface area contributed by atoms with Crippen LogP contribution in [-0.4, -0.2) is 17.6 Å². The average molecular weight is 290 g/mol. The minimum absolute atomic E-state index is 0.190. The van der Waals surface area contributed by atoms with Gasteiger partial charge in [-0.25, -0.2) is 4.98 Å². The molecule has 0 saturated carbocycles. The number of nitrogens with zero attached hydrogens (tertiary/aromatic N) is 1. The van der Waals surface area contributed by atoms with E-state index in [-0.39, 0.29) is 6.10 Å². The Morgan fingerprint density at radius 2 is 2.20 bits per heavy atom. The number of hydrogen-bond donors (Lipinski definition) is 1. The lowest BCUT2D eigenvalue weighted by atomic mass is 10.2. The number of benzene rings is 1. The minimum Gasteiger partial charge on any atom is -0.491 e. The van der Waals surface area contributed by atoms with Gasteiger partial charge in [0.2, 0.25) is 0 Å². The van der Waals surface area contributed by atoms with Crippen molar-refractivity contribution in [3.05, 3.63) is 35.3 Å². The van der Waals surface area contributed by atoms with Gasteiger partial charge in [0.15, 0.2) is 0 Å². The Morgan fingerprint density at radius 1 is 1.35 bits per heavy atom. The summed E-state index contributed by atoms with van der Waals surface area (Å²) in [5.74, 6) is 0.901. The lowest BCUT2D eigenvalue weighted by Crippen LogP contribution is -2.13. The van der Waals surface area contributed by atoms with E-state index in [0.29, 0.717) is 0 Å². The molecule has 1 aromatic heterocycles. The van der Waals surface area contributed by atoms with Crippen LogP contribution in [0.15, 0.2) is 29.6 Å². The summed E-state index contributed by atoms with van der Waals surface area (Å²) >= 11 is 1.68. The minimum atomic E-state index is 0.190. The fourth-order valence-corrected chi connectivity index (χ4v) is 2.71. The quantitative estimate of drug-likeness (QED) is 0.780. The van der Waals surface area contributed by atoms with E-state index >= 15 is 0 Å². The summed E-state index contributed by atoms with van der Waals surface area (Å²) in [5.41, 5.74) is 2.23. The molecule has 4 heteroatoms. The normalized spacial score (nSPS) is 11.0. The van der Waals surface area contributed by atoms with E-state index in [9.17, 15) is 0 Å². The Kier molecular flexibility index (Phi) is 5.56. The maximum Gasteiger partial charge on any atom is 0.123 e. The third-order valence-electron chi connectivity index (χ3n) is 2.74. The van der Waals surface area contributed by atoms with Crippen molar-refractivity contribution < 1.29 is 4.74 Å². The van der Waals surface area contributed by atoms with E-state index in [1.54, 1.807) is 11.3 Å². The summed E-state index contributed by atoms with van der Waals surface area (Å²) in [6.45, 7) is 8.11. The van der Waals surface area contributed by atoms with Crippen LogP contribution in [0.25, 0.3) is 10.6 Å². The molecule has 108 valence electrons. The van der Waals surface area contributed by atoms with Crippen LogP contribution in [-0.2, 0) is 6.54 Å². The number of rotatable bonds is 7. The molecule has 3 nitrogen and oxygen atoms in total. The maximum absolute atomic E-state index is 5.73. The van der Waals surface area contributed by atoms with Gasteiger partial charge in [-0.3, -0.25) is 0 Å². The number of ether oxygens (including phenoxy) is 1. The van der Waals surface area contributed by atoms with Crippen molar-refractivity contribution >= 4 is 11.3 Å². The molecular formula is C16H22N2OS. The number of hydrogen-bond acceptors (Lipinski definition) is 4. The van der Waals surface area contributed by atoms with Crippen LogP contribution in [0.4, 0.5) is 0 Å². The predicted octanol–water partition coefficient (Wildman–Crippen LogP) is 4.10. The fourth-order valence-electron chi connectivity index (χ4n) is 1.89. The molecule has 0 fully saturated rings. The molecule has 0 spiro atoms. The van der Waals surface area contributed by atoms with E-state index in [4.69, 9.17) is 4.74 Å². The first kappa shape index (κ1) is 15.0. The first-order valence-corrected chi connectivity index (χ1v) is 7.99. The lowest BCUT2D eigenvalue weighted by molar-refractivity contribution is 0.242. The van der Waals surface area contributed by atoms with Crippen molar-refractivity contribution in [3.63, 3.8) is 0 Å². The van der Waals surface area contributed by atoms with Gasteiger partial charge in [0.1, 0.15) is 10.8 Å². The Balaban J connectivity index is 2.07. The molecule has 1 aromatic carbocycles. The predicted molar refractivity (Wildman–Crippen MR) is 85.3 cm³/mol. The molecule has 1 N–H and O–H groups in total. The Morgan fingerprint density at radius 3 is 2.95 bits per heavy atom. The summed E-state index contributed by atoms with van der Waals surface area (Å²) in [5, 5.41) is 6.54. The molecule has 0 aliphatic rings. The molecule has 0 bridgehead atoms. The van der Waals surface area contributed by atoms with E-state index in [2.05, 4.69) is 34.7 Å². The van der Waals surface area contributed by atoms with Gasteiger partial charge in [-0.15, -0.1) is 11.3 Å². The Hall–Kier alpha value is -1.39. The van der Waals surface area contributed by atoms with Crippen LogP contribution < -0.4 is 10.1 Å². The molecule has 0 saturated heterocycles. The van der Waals surface area contributed by atoms with Gasteiger partial charge in [0.25, 0.3) is 0 Å². The standard InChI is InChI=1S/C16H22N2OS/c1-4-8-17-10-14-11-20-16(18-14)13-6-5-7-15(9-13)19-12(2)3/h5-7,9,11-12,17H,4,8,10H2,1-3H3. The van der Waals surface area contributed by atoms with Gasteiger partial charge in [-0.1, -0.05) is 19.1 Å². The Labute approximate surface area is 125 Å². The highest BCUT2D eigenvalue weighted by atomic mass is 32.1. The molecular weight excluding hydrogens is 268 g/mol. The first-order chi connectivity index (χ1) is 9.69. The van der Waals surface area contributed by atoms with Crippen molar-refractivity contribution in [3.8, 4) is 16.3 Å². The van der Waals surface area contributed by atoms with Crippen LogP contribution >= 0.6 is 11.3 Å². The van der Waals surface area contributed by atoms with Crippen LogP contribution in [0.1, 0.15) is 32.9 Å². The summed E-state index contributed by atoms with van der Waals surface area (Å²) in [6.07, 6.45) is 1.33. The second-order valence-electron chi connectivity index (χ2n) is 5.02. The van der Waals surface area contributed by atoms with Crippen molar-refractivity contribution in [2.75, 3.05) is 6.54 Å². The molecule has 20 heavy (non-hydrogen) atoms. The summed E-state index contributed by atoms with van der Waals surface area (Å²) in [7, 11) is 0. The largest absolute Gasteiger partial charge is 0.491 e. The number of nitrogens with one attached hydrogen (secondary N) is 1. The first-order valence-electron chi connectivity index (χ1n) is 7.11. The molecule has 1 heterocycles. The van der Waals surface area contributed by atoms with Crippen molar-refractivity contribution in [1.29, 1.82) is 0 Å². The summed E-state index contributed by atoms with van der Waals surface area (Å²) < 4.78 is 5.73. The SMILES string of the molecule is CCCNCc1csc(-c2cccc(OC(C)C)c2)n1. The van der Waals surface area contributed by atoms with Crippen LogP contribution in [0, 0.1) is 0 Å². The van der Waals surface area contributed by atoms with Crippen LogP contribution in [0.3, 0.4) is 0 Å². The molecule has 2 rings (SSSR count). The molecule has 0 radical (unpaired) electrons. The Bertz CT molecular complexity index is 537. The lowest BCUT2D eigenvalue weighted by Gasteiger charge is -2.10. The van der Waals surface area contributed by atoms with Gasteiger partial charge in [0.05, 0.1) is 11.8 Å².